The molecule has 1 N–H and O–H groups in total. The molecular weight excluding hydrogens is 258 g/mol. The Morgan fingerprint density at radius 1 is 1.45 bits per heavy atom. The van der Waals surface area contributed by atoms with Crippen LogP contribution in [0, 0.1) is 17.3 Å². The maximum Gasteiger partial charge on any atom is 0.310 e. The van der Waals surface area contributed by atoms with Gasteiger partial charge in [0, 0.05) is 26.6 Å². The summed E-state index contributed by atoms with van der Waals surface area (Å²) in [5.74, 6) is -0.655. The number of ether oxygens (including phenoxy) is 1. The normalized spacial score (nSPS) is 26.4. The predicted molar refractivity (Wildman–Crippen MR) is 76.4 cm³/mol. The van der Waals surface area contributed by atoms with Gasteiger partial charge in [0.1, 0.15) is 0 Å². The fourth-order valence-electron chi connectivity index (χ4n) is 2.52. The van der Waals surface area contributed by atoms with Gasteiger partial charge >= 0.3 is 5.97 Å². The van der Waals surface area contributed by atoms with Crippen LogP contribution in [0.2, 0.25) is 0 Å². The Hall–Kier alpha value is -1.10. The van der Waals surface area contributed by atoms with E-state index >= 15 is 0 Å². The first-order valence-electron chi connectivity index (χ1n) is 7.26. The third-order valence-corrected chi connectivity index (χ3v) is 4.83. The summed E-state index contributed by atoms with van der Waals surface area (Å²) in [6.07, 6.45) is 0.989. The summed E-state index contributed by atoms with van der Waals surface area (Å²) in [5.41, 5.74) is -1.01. The van der Waals surface area contributed by atoms with Crippen LogP contribution in [0.4, 0.5) is 0 Å². The molecule has 1 aliphatic heterocycles. The van der Waals surface area contributed by atoms with Gasteiger partial charge in [0.25, 0.3) is 0 Å². The Balaban J connectivity index is 2.73. The van der Waals surface area contributed by atoms with Crippen LogP contribution in [0.1, 0.15) is 40.5 Å². The van der Waals surface area contributed by atoms with Crippen LogP contribution >= 0.6 is 0 Å². The molecule has 0 aromatic carbocycles. The lowest BCUT2D eigenvalue weighted by molar-refractivity contribution is -0.156. The zero-order valence-corrected chi connectivity index (χ0v) is 13.2. The first-order valence-corrected chi connectivity index (χ1v) is 7.26. The molecule has 5 heteroatoms. The summed E-state index contributed by atoms with van der Waals surface area (Å²) in [7, 11) is 1.66. The summed E-state index contributed by atoms with van der Waals surface area (Å²) >= 11 is 0. The summed E-state index contributed by atoms with van der Waals surface area (Å²) in [6, 6.07) is 0. The molecule has 3 unspecified atom stereocenters. The maximum atomic E-state index is 12.4. The lowest BCUT2D eigenvalue weighted by Gasteiger charge is -2.38. The highest BCUT2D eigenvalue weighted by molar-refractivity contribution is 5.85. The first-order chi connectivity index (χ1) is 9.22. The van der Waals surface area contributed by atoms with Crippen molar-refractivity contribution >= 4 is 11.9 Å². The topological polar surface area (TPSA) is 66.8 Å². The average Bonchev–Trinajstić information content (AvgIpc) is 2.38. The Kier molecular flexibility index (Phi) is 5.57. The van der Waals surface area contributed by atoms with Gasteiger partial charge < -0.3 is 14.7 Å². The number of rotatable bonds is 5. The number of nitrogens with zero attached hydrogens (tertiary/aromatic N) is 1. The number of carbonyl (C=O) groups excluding carboxylic acids is 1. The van der Waals surface area contributed by atoms with E-state index in [4.69, 9.17) is 4.74 Å². The molecule has 0 aromatic rings. The molecule has 1 aliphatic rings. The Morgan fingerprint density at radius 2 is 2.05 bits per heavy atom. The summed E-state index contributed by atoms with van der Waals surface area (Å²) in [5, 5.41) is 9.39. The minimum Gasteiger partial charge on any atom is -0.481 e. The van der Waals surface area contributed by atoms with Crippen molar-refractivity contribution < 1.29 is 19.4 Å². The van der Waals surface area contributed by atoms with Gasteiger partial charge in [0.05, 0.1) is 11.5 Å². The molecule has 1 heterocycles. The van der Waals surface area contributed by atoms with Gasteiger partial charge in [-0.05, 0) is 25.2 Å². The molecular formula is C15H27NO4. The monoisotopic (exact) mass is 285 g/mol. The van der Waals surface area contributed by atoms with Gasteiger partial charge in [-0.25, -0.2) is 0 Å². The van der Waals surface area contributed by atoms with E-state index < -0.39 is 11.4 Å². The highest BCUT2D eigenvalue weighted by Gasteiger charge is 2.41. The highest BCUT2D eigenvalue weighted by atomic mass is 16.5. The van der Waals surface area contributed by atoms with Crippen molar-refractivity contribution in [2.75, 3.05) is 20.2 Å². The summed E-state index contributed by atoms with van der Waals surface area (Å²) in [6.45, 7) is 8.71. The van der Waals surface area contributed by atoms with Crippen LogP contribution in [0.5, 0.6) is 0 Å². The van der Waals surface area contributed by atoms with E-state index in [0.29, 0.717) is 19.0 Å². The average molecular weight is 285 g/mol. The number of methoxy groups -OCH3 is 1. The summed E-state index contributed by atoms with van der Waals surface area (Å²) < 4.78 is 5.40. The number of piperidine rings is 1. The van der Waals surface area contributed by atoms with Gasteiger partial charge in [-0.1, -0.05) is 20.8 Å². The molecule has 0 aliphatic carbocycles. The van der Waals surface area contributed by atoms with Crippen molar-refractivity contribution in [2.24, 2.45) is 17.3 Å². The molecule has 1 fully saturated rings. The SMILES string of the molecule is COC1CN(C(=O)CC(C)(C(=O)O)C(C)C)CCC1C. The molecule has 5 nitrogen and oxygen atoms in total. The number of aliphatic carboxylic acids is 1. The molecule has 0 bridgehead atoms. The molecule has 116 valence electrons. The van der Waals surface area contributed by atoms with Gasteiger partial charge in [-0.2, -0.15) is 0 Å². The van der Waals surface area contributed by atoms with Gasteiger partial charge in [0.15, 0.2) is 0 Å². The van der Waals surface area contributed by atoms with Crippen molar-refractivity contribution in [2.45, 2.75) is 46.6 Å². The zero-order valence-electron chi connectivity index (χ0n) is 13.2. The lowest BCUT2D eigenvalue weighted by Crippen LogP contribution is -2.49. The van der Waals surface area contributed by atoms with Crippen LogP contribution in [-0.4, -0.2) is 48.2 Å². The van der Waals surface area contributed by atoms with Crippen molar-refractivity contribution in [3.05, 3.63) is 0 Å². The lowest BCUT2D eigenvalue weighted by atomic mass is 9.76. The summed E-state index contributed by atoms with van der Waals surface area (Å²) in [4.78, 5) is 25.6. The minimum absolute atomic E-state index is 0.0443. The van der Waals surface area contributed by atoms with Crippen LogP contribution < -0.4 is 0 Å². The molecule has 0 radical (unpaired) electrons. The quantitative estimate of drug-likeness (QED) is 0.839. The van der Waals surface area contributed by atoms with E-state index in [-0.39, 0.29) is 24.3 Å². The Bertz CT molecular complexity index is 369. The highest BCUT2D eigenvalue weighted by Crippen LogP contribution is 2.33. The van der Waals surface area contributed by atoms with E-state index in [1.165, 1.54) is 0 Å². The molecule has 3 atom stereocenters. The molecule has 20 heavy (non-hydrogen) atoms. The molecule has 0 saturated carbocycles. The third-order valence-electron chi connectivity index (χ3n) is 4.83. The Morgan fingerprint density at radius 3 is 2.50 bits per heavy atom. The number of hydrogen-bond acceptors (Lipinski definition) is 3. The predicted octanol–water partition coefficient (Wildman–Crippen LogP) is 2.01. The Labute approximate surface area is 121 Å². The second-order valence-corrected chi connectivity index (χ2v) is 6.43. The fraction of sp³-hybridized carbons (Fsp3) is 0.867. The molecule has 0 aromatic heterocycles. The van der Waals surface area contributed by atoms with Crippen molar-refractivity contribution in [3.63, 3.8) is 0 Å². The number of amides is 1. The maximum absolute atomic E-state index is 12.4. The van der Waals surface area contributed by atoms with Gasteiger partial charge in [0.2, 0.25) is 5.91 Å². The van der Waals surface area contributed by atoms with E-state index in [1.807, 2.05) is 13.8 Å². The second kappa shape index (κ2) is 6.57. The number of carboxylic acids is 1. The molecule has 1 amide bonds. The van der Waals surface area contributed by atoms with Gasteiger partial charge in [-0.3, -0.25) is 9.59 Å². The number of likely N-dealkylation sites (tertiary alicyclic amines) is 1. The molecule has 1 rings (SSSR count). The molecule has 1 saturated heterocycles. The van der Waals surface area contributed by atoms with Gasteiger partial charge in [-0.15, -0.1) is 0 Å². The second-order valence-electron chi connectivity index (χ2n) is 6.43. The van der Waals surface area contributed by atoms with Crippen LogP contribution in [0.15, 0.2) is 0 Å². The van der Waals surface area contributed by atoms with Crippen molar-refractivity contribution in [1.82, 2.24) is 4.90 Å². The minimum atomic E-state index is -1.01. The number of carboxylic acid groups (broad SMARTS) is 1. The van der Waals surface area contributed by atoms with E-state index in [9.17, 15) is 14.7 Å². The van der Waals surface area contributed by atoms with Crippen molar-refractivity contribution in [3.8, 4) is 0 Å². The largest absolute Gasteiger partial charge is 0.481 e. The first kappa shape index (κ1) is 17.0. The zero-order chi connectivity index (χ0) is 15.5. The van der Waals surface area contributed by atoms with E-state index in [0.717, 1.165) is 6.42 Å². The van der Waals surface area contributed by atoms with Crippen molar-refractivity contribution in [1.29, 1.82) is 0 Å². The van der Waals surface area contributed by atoms with E-state index in [2.05, 4.69) is 6.92 Å². The van der Waals surface area contributed by atoms with Crippen LogP contribution in [-0.2, 0) is 14.3 Å². The molecule has 0 spiro atoms. The number of hydrogen-bond donors (Lipinski definition) is 1. The standard InChI is InChI=1S/C15H27NO4/c1-10(2)15(4,14(18)19)8-13(17)16-7-6-11(3)12(9-16)20-5/h10-12H,6-9H2,1-5H3,(H,18,19). The fourth-order valence-corrected chi connectivity index (χ4v) is 2.52. The van der Waals surface area contributed by atoms with E-state index in [1.54, 1.807) is 18.9 Å². The third kappa shape index (κ3) is 3.51. The smallest absolute Gasteiger partial charge is 0.310 e. The van der Waals surface area contributed by atoms with Crippen LogP contribution in [0.25, 0.3) is 0 Å². The van der Waals surface area contributed by atoms with Crippen LogP contribution in [0.3, 0.4) is 0 Å². The number of carbonyl (C=O) groups is 2.